The summed E-state index contributed by atoms with van der Waals surface area (Å²) in [6.45, 7) is 0. The molecule has 4 nitrogen and oxygen atoms in total. The zero-order valence-electron chi connectivity index (χ0n) is 10.7. The Labute approximate surface area is 116 Å². The van der Waals surface area contributed by atoms with Crippen molar-refractivity contribution < 1.29 is 22.4 Å². The maximum absolute atomic E-state index is 13.9. The van der Waals surface area contributed by atoms with E-state index in [0.717, 1.165) is 6.07 Å². The predicted molar refractivity (Wildman–Crippen MR) is 68.0 cm³/mol. The number of nitrogens with zero attached hydrogens (tertiary/aromatic N) is 1. The van der Waals surface area contributed by atoms with Crippen molar-refractivity contribution in [3.8, 4) is 0 Å². The largest absolute Gasteiger partial charge is 0.371 e. The molecule has 0 fully saturated rings. The number of pyridine rings is 1. The van der Waals surface area contributed by atoms with Crippen molar-refractivity contribution >= 4 is 17.4 Å². The molecule has 0 radical (unpaired) electrons. The first-order valence-corrected chi connectivity index (χ1v) is 5.72. The van der Waals surface area contributed by atoms with E-state index in [-0.39, 0.29) is 11.9 Å². The maximum Gasteiger partial charge on any atom is 0.258 e. The molecule has 0 saturated heterocycles. The van der Waals surface area contributed by atoms with Crippen molar-refractivity contribution in [1.29, 1.82) is 0 Å². The standard InChI is InChI=1S/C13H9F4N3O/c1-18-12-11(17)6(2-3-19-12)13(21)20-10-5-8(15)7(14)4-9(10)16/h2-5H,1H3,(H,18,19)(H,20,21). The van der Waals surface area contributed by atoms with Gasteiger partial charge in [-0.1, -0.05) is 0 Å². The summed E-state index contributed by atoms with van der Waals surface area (Å²) in [6.07, 6.45) is 1.17. The van der Waals surface area contributed by atoms with Crippen molar-refractivity contribution in [3.05, 3.63) is 53.2 Å². The minimum Gasteiger partial charge on any atom is -0.371 e. The van der Waals surface area contributed by atoms with Crippen LogP contribution in [0.15, 0.2) is 24.4 Å². The molecule has 110 valence electrons. The zero-order chi connectivity index (χ0) is 15.6. The van der Waals surface area contributed by atoms with E-state index in [0.29, 0.717) is 6.07 Å². The van der Waals surface area contributed by atoms with Gasteiger partial charge in [0, 0.05) is 25.4 Å². The minimum absolute atomic E-state index is 0.173. The quantitative estimate of drug-likeness (QED) is 0.677. The molecule has 0 spiro atoms. The van der Waals surface area contributed by atoms with Gasteiger partial charge < -0.3 is 10.6 Å². The van der Waals surface area contributed by atoms with Gasteiger partial charge in [-0.2, -0.15) is 0 Å². The fraction of sp³-hybridized carbons (Fsp3) is 0.0769. The molecule has 0 bridgehead atoms. The second-order valence-electron chi connectivity index (χ2n) is 3.97. The average Bonchev–Trinajstić information content (AvgIpc) is 2.44. The smallest absolute Gasteiger partial charge is 0.258 e. The van der Waals surface area contributed by atoms with Crippen LogP contribution < -0.4 is 10.6 Å². The Morgan fingerprint density at radius 2 is 1.76 bits per heavy atom. The monoisotopic (exact) mass is 299 g/mol. The highest BCUT2D eigenvalue weighted by Crippen LogP contribution is 2.21. The van der Waals surface area contributed by atoms with Crippen molar-refractivity contribution in [2.45, 2.75) is 0 Å². The summed E-state index contributed by atoms with van der Waals surface area (Å²) in [7, 11) is 1.40. The van der Waals surface area contributed by atoms with E-state index >= 15 is 0 Å². The number of rotatable bonds is 3. The van der Waals surface area contributed by atoms with Gasteiger partial charge in [-0.3, -0.25) is 4.79 Å². The van der Waals surface area contributed by atoms with Gasteiger partial charge in [0.1, 0.15) is 5.82 Å². The molecule has 1 aromatic heterocycles. The van der Waals surface area contributed by atoms with Crippen molar-refractivity contribution in [2.75, 3.05) is 17.7 Å². The summed E-state index contributed by atoms with van der Waals surface area (Å²) in [6, 6.07) is 1.83. The summed E-state index contributed by atoms with van der Waals surface area (Å²) in [5, 5.41) is 4.40. The van der Waals surface area contributed by atoms with Crippen molar-refractivity contribution in [1.82, 2.24) is 4.98 Å². The molecule has 2 N–H and O–H groups in total. The Balaban J connectivity index is 2.33. The van der Waals surface area contributed by atoms with Gasteiger partial charge in [-0.15, -0.1) is 0 Å². The van der Waals surface area contributed by atoms with Crippen molar-refractivity contribution in [3.63, 3.8) is 0 Å². The zero-order valence-corrected chi connectivity index (χ0v) is 10.7. The number of halogens is 4. The fourth-order valence-electron chi connectivity index (χ4n) is 1.60. The topological polar surface area (TPSA) is 54.0 Å². The van der Waals surface area contributed by atoms with E-state index < -0.39 is 40.4 Å². The Morgan fingerprint density at radius 3 is 2.43 bits per heavy atom. The Kier molecular flexibility index (Phi) is 4.06. The molecular formula is C13H9F4N3O. The number of nitrogens with one attached hydrogen (secondary N) is 2. The van der Waals surface area contributed by atoms with Crippen LogP contribution in [0.25, 0.3) is 0 Å². The van der Waals surface area contributed by atoms with Crippen LogP contribution in [-0.4, -0.2) is 17.9 Å². The first-order valence-electron chi connectivity index (χ1n) is 5.72. The molecule has 1 amide bonds. The first-order chi connectivity index (χ1) is 9.93. The van der Waals surface area contributed by atoms with Crippen LogP contribution in [0, 0.1) is 23.3 Å². The van der Waals surface area contributed by atoms with E-state index in [1.54, 1.807) is 0 Å². The lowest BCUT2D eigenvalue weighted by Crippen LogP contribution is -2.16. The second kappa shape index (κ2) is 5.78. The highest BCUT2D eigenvalue weighted by atomic mass is 19.2. The fourth-order valence-corrected chi connectivity index (χ4v) is 1.60. The van der Waals surface area contributed by atoms with Crippen LogP contribution in [0.5, 0.6) is 0 Å². The molecule has 0 saturated carbocycles. The molecule has 0 unspecified atom stereocenters. The molecule has 2 rings (SSSR count). The molecule has 1 aromatic carbocycles. The van der Waals surface area contributed by atoms with Crippen LogP contribution in [0.2, 0.25) is 0 Å². The van der Waals surface area contributed by atoms with E-state index in [1.807, 2.05) is 5.32 Å². The Hall–Kier alpha value is -2.64. The van der Waals surface area contributed by atoms with Gasteiger partial charge in [0.2, 0.25) is 0 Å². The minimum atomic E-state index is -1.39. The van der Waals surface area contributed by atoms with Crippen LogP contribution in [-0.2, 0) is 0 Å². The van der Waals surface area contributed by atoms with Gasteiger partial charge >= 0.3 is 0 Å². The Bertz CT molecular complexity index is 706. The van der Waals surface area contributed by atoms with Crippen molar-refractivity contribution in [2.24, 2.45) is 0 Å². The van der Waals surface area contributed by atoms with Crippen LogP contribution in [0.1, 0.15) is 10.4 Å². The normalized spacial score (nSPS) is 10.3. The number of hydrogen-bond donors (Lipinski definition) is 2. The number of anilines is 2. The lowest BCUT2D eigenvalue weighted by molar-refractivity contribution is 0.102. The molecule has 1 heterocycles. The number of benzene rings is 1. The third-order valence-electron chi connectivity index (χ3n) is 2.63. The SMILES string of the molecule is CNc1nccc(C(=O)Nc2cc(F)c(F)cc2F)c1F. The molecule has 2 aromatic rings. The highest BCUT2D eigenvalue weighted by molar-refractivity contribution is 6.04. The first kappa shape index (κ1) is 14.8. The van der Waals surface area contributed by atoms with E-state index in [4.69, 9.17) is 0 Å². The molecule has 0 aliphatic carbocycles. The molecule has 0 aliphatic rings. The predicted octanol–water partition coefficient (Wildman–Crippen LogP) is 2.93. The van der Waals surface area contributed by atoms with Crippen LogP contribution in [0.3, 0.4) is 0 Å². The van der Waals surface area contributed by atoms with Gasteiger partial charge in [0.25, 0.3) is 5.91 Å². The third-order valence-corrected chi connectivity index (χ3v) is 2.63. The molecule has 21 heavy (non-hydrogen) atoms. The number of aromatic nitrogens is 1. The summed E-state index contributed by atoms with van der Waals surface area (Å²) in [5.41, 5.74) is -1.01. The summed E-state index contributed by atoms with van der Waals surface area (Å²) >= 11 is 0. The summed E-state index contributed by atoms with van der Waals surface area (Å²) < 4.78 is 53.1. The van der Waals surface area contributed by atoms with Gasteiger partial charge in [0.15, 0.2) is 23.3 Å². The highest BCUT2D eigenvalue weighted by Gasteiger charge is 2.18. The third kappa shape index (κ3) is 2.93. The second-order valence-corrected chi connectivity index (χ2v) is 3.97. The Morgan fingerprint density at radius 1 is 1.10 bits per heavy atom. The number of carbonyl (C=O) groups excluding carboxylic acids is 1. The average molecular weight is 299 g/mol. The summed E-state index contributed by atoms with van der Waals surface area (Å²) in [4.78, 5) is 15.5. The maximum atomic E-state index is 13.9. The number of carbonyl (C=O) groups is 1. The number of amides is 1. The van der Waals surface area contributed by atoms with E-state index in [1.165, 1.54) is 13.2 Å². The van der Waals surface area contributed by atoms with Gasteiger partial charge in [0.05, 0.1) is 11.3 Å². The lowest BCUT2D eigenvalue weighted by atomic mass is 10.2. The number of hydrogen-bond acceptors (Lipinski definition) is 3. The summed E-state index contributed by atoms with van der Waals surface area (Å²) in [5.74, 6) is -6.04. The molecular weight excluding hydrogens is 290 g/mol. The van der Waals surface area contributed by atoms with E-state index in [9.17, 15) is 22.4 Å². The van der Waals surface area contributed by atoms with Crippen LogP contribution >= 0.6 is 0 Å². The molecule has 0 aliphatic heterocycles. The van der Waals surface area contributed by atoms with Gasteiger partial charge in [-0.05, 0) is 6.07 Å². The lowest BCUT2D eigenvalue weighted by Gasteiger charge is -2.09. The van der Waals surface area contributed by atoms with Crippen LogP contribution in [0.4, 0.5) is 29.1 Å². The van der Waals surface area contributed by atoms with Gasteiger partial charge in [-0.25, -0.2) is 22.5 Å². The molecule has 0 atom stereocenters. The molecule has 8 heteroatoms. The van der Waals surface area contributed by atoms with E-state index in [2.05, 4.69) is 10.3 Å².